The lowest BCUT2D eigenvalue weighted by Gasteiger charge is -2.01. The molecule has 0 unspecified atom stereocenters. The standard InChI is InChI=1S/C11H12O2/c1-2-13-11-7-3-5-10(9-11)6-4-8-12/h3,5,7,9,12H,2,8H2,1H3. The Morgan fingerprint density at radius 1 is 1.46 bits per heavy atom. The highest BCUT2D eigenvalue weighted by atomic mass is 16.5. The van der Waals surface area contributed by atoms with E-state index in [1.807, 2.05) is 31.2 Å². The molecule has 13 heavy (non-hydrogen) atoms. The Balaban J connectivity index is 2.79. The van der Waals surface area contributed by atoms with Gasteiger partial charge in [-0.3, -0.25) is 0 Å². The molecule has 0 saturated carbocycles. The van der Waals surface area contributed by atoms with Crippen molar-refractivity contribution in [1.82, 2.24) is 0 Å². The number of aliphatic hydroxyl groups is 1. The number of hydrogen-bond donors (Lipinski definition) is 1. The molecule has 0 fully saturated rings. The van der Waals surface area contributed by atoms with Gasteiger partial charge in [0, 0.05) is 5.56 Å². The average molecular weight is 176 g/mol. The fourth-order valence-corrected chi connectivity index (χ4v) is 0.972. The van der Waals surface area contributed by atoms with Crippen LogP contribution in [-0.4, -0.2) is 18.3 Å². The lowest BCUT2D eigenvalue weighted by Crippen LogP contribution is -1.91. The van der Waals surface area contributed by atoms with Crippen LogP contribution in [0.2, 0.25) is 0 Å². The van der Waals surface area contributed by atoms with E-state index in [-0.39, 0.29) is 6.61 Å². The number of hydrogen-bond acceptors (Lipinski definition) is 2. The summed E-state index contributed by atoms with van der Waals surface area (Å²) in [4.78, 5) is 0. The first kappa shape index (κ1) is 9.63. The van der Waals surface area contributed by atoms with Gasteiger partial charge in [-0.2, -0.15) is 0 Å². The molecule has 2 nitrogen and oxygen atoms in total. The van der Waals surface area contributed by atoms with E-state index >= 15 is 0 Å². The molecule has 1 aromatic rings. The predicted octanol–water partition coefficient (Wildman–Crippen LogP) is 1.43. The van der Waals surface area contributed by atoms with Gasteiger partial charge in [0.2, 0.25) is 0 Å². The van der Waals surface area contributed by atoms with Crippen molar-refractivity contribution in [3.8, 4) is 17.6 Å². The predicted molar refractivity (Wildman–Crippen MR) is 51.6 cm³/mol. The molecule has 1 aromatic carbocycles. The number of aliphatic hydroxyl groups excluding tert-OH is 1. The van der Waals surface area contributed by atoms with Crippen molar-refractivity contribution >= 4 is 0 Å². The molecule has 0 saturated heterocycles. The molecule has 2 heteroatoms. The van der Waals surface area contributed by atoms with Crippen molar-refractivity contribution in [3.05, 3.63) is 29.8 Å². The SMILES string of the molecule is CCOc1cccc(C#CCO)c1. The molecule has 0 spiro atoms. The van der Waals surface area contributed by atoms with Gasteiger partial charge in [-0.15, -0.1) is 0 Å². The summed E-state index contributed by atoms with van der Waals surface area (Å²) in [5.74, 6) is 6.21. The van der Waals surface area contributed by atoms with Crippen LogP contribution in [0, 0.1) is 11.8 Å². The van der Waals surface area contributed by atoms with Gasteiger partial charge < -0.3 is 9.84 Å². The first-order valence-corrected chi connectivity index (χ1v) is 4.19. The monoisotopic (exact) mass is 176 g/mol. The summed E-state index contributed by atoms with van der Waals surface area (Å²) in [6, 6.07) is 7.50. The van der Waals surface area contributed by atoms with Crippen LogP contribution in [0.5, 0.6) is 5.75 Å². The molecule has 0 aliphatic carbocycles. The van der Waals surface area contributed by atoms with Crippen molar-refractivity contribution in [2.24, 2.45) is 0 Å². The van der Waals surface area contributed by atoms with Crippen molar-refractivity contribution in [3.63, 3.8) is 0 Å². The third-order valence-corrected chi connectivity index (χ3v) is 1.46. The quantitative estimate of drug-likeness (QED) is 0.691. The van der Waals surface area contributed by atoms with E-state index in [0.717, 1.165) is 11.3 Å². The second-order valence-corrected chi connectivity index (χ2v) is 2.42. The van der Waals surface area contributed by atoms with Crippen LogP contribution in [0.15, 0.2) is 24.3 Å². The minimum Gasteiger partial charge on any atom is -0.494 e. The fraction of sp³-hybridized carbons (Fsp3) is 0.273. The Bertz CT molecular complexity index is 320. The third kappa shape index (κ3) is 3.18. The summed E-state index contributed by atoms with van der Waals surface area (Å²) in [5.41, 5.74) is 0.861. The first-order chi connectivity index (χ1) is 6.36. The number of rotatable bonds is 2. The van der Waals surface area contributed by atoms with Crippen LogP contribution in [0.1, 0.15) is 12.5 Å². The van der Waals surface area contributed by atoms with E-state index in [0.29, 0.717) is 6.61 Å². The minimum atomic E-state index is -0.112. The van der Waals surface area contributed by atoms with E-state index in [4.69, 9.17) is 9.84 Å². The van der Waals surface area contributed by atoms with E-state index in [1.165, 1.54) is 0 Å². The van der Waals surface area contributed by atoms with Gasteiger partial charge in [0.15, 0.2) is 0 Å². The lowest BCUT2D eigenvalue weighted by molar-refractivity contribution is 0.340. The zero-order valence-electron chi connectivity index (χ0n) is 7.58. The van der Waals surface area contributed by atoms with Crippen LogP contribution in [0.3, 0.4) is 0 Å². The smallest absolute Gasteiger partial charge is 0.120 e. The van der Waals surface area contributed by atoms with E-state index in [9.17, 15) is 0 Å². The highest BCUT2D eigenvalue weighted by molar-refractivity contribution is 5.39. The van der Waals surface area contributed by atoms with Crippen LogP contribution in [0.25, 0.3) is 0 Å². The molecule has 0 aromatic heterocycles. The zero-order chi connectivity index (χ0) is 9.52. The van der Waals surface area contributed by atoms with Gasteiger partial charge in [-0.1, -0.05) is 17.9 Å². The maximum absolute atomic E-state index is 8.50. The number of benzene rings is 1. The molecule has 0 heterocycles. The van der Waals surface area contributed by atoms with E-state index in [2.05, 4.69) is 11.8 Å². The van der Waals surface area contributed by atoms with Crippen LogP contribution in [0.4, 0.5) is 0 Å². The first-order valence-electron chi connectivity index (χ1n) is 4.19. The van der Waals surface area contributed by atoms with Crippen molar-refractivity contribution < 1.29 is 9.84 Å². The van der Waals surface area contributed by atoms with Crippen LogP contribution >= 0.6 is 0 Å². The Kier molecular flexibility index (Phi) is 3.87. The van der Waals surface area contributed by atoms with Crippen LogP contribution < -0.4 is 4.74 Å². The summed E-state index contributed by atoms with van der Waals surface area (Å²) < 4.78 is 5.30. The second-order valence-electron chi connectivity index (χ2n) is 2.42. The molecule has 1 rings (SSSR count). The summed E-state index contributed by atoms with van der Waals surface area (Å²) in [6.45, 7) is 2.47. The maximum Gasteiger partial charge on any atom is 0.120 e. The average Bonchev–Trinajstić information content (AvgIpc) is 2.16. The molecule has 0 aliphatic heterocycles. The summed E-state index contributed by atoms with van der Waals surface area (Å²) in [6.07, 6.45) is 0. The number of ether oxygens (including phenoxy) is 1. The van der Waals surface area contributed by atoms with Crippen LogP contribution in [-0.2, 0) is 0 Å². The van der Waals surface area contributed by atoms with Crippen molar-refractivity contribution in [2.75, 3.05) is 13.2 Å². The second kappa shape index (κ2) is 5.23. The molecule has 0 amide bonds. The van der Waals surface area contributed by atoms with Gasteiger partial charge >= 0.3 is 0 Å². The van der Waals surface area contributed by atoms with E-state index < -0.39 is 0 Å². The topological polar surface area (TPSA) is 29.5 Å². The Morgan fingerprint density at radius 3 is 3.00 bits per heavy atom. The molecule has 0 radical (unpaired) electrons. The molecule has 68 valence electrons. The van der Waals surface area contributed by atoms with E-state index in [1.54, 1.807) is 0 Å². The maximum atomic E-state index is 8.50. The zero-order valence-corrected chi connectivity index (χ0v) is 7.58. The Morgan fingerprint density at radius 2 is 2.31 bits per heavy atom. The largest absolute Gasteiger partial charge is 0.494 e. The molecule has 1 N–H and O–H groups in total. The van der Waals surface area contributed by atoms with Gasteiger partial charge in [0.25, 0.3) is 0 Å². The van der Waals surface area contributed by atoms with Gasteiger partial charge in [-0.05, 0) is 25.1 Å². The normalized spacial score (nSPS) is 8.77. The highest BCUT2D eigenvalue weighted by Gasteiger charge is 1.91. The molecule has 0 bridgehead atoms. The summed E-state index contributed by atoms with van der Waals surface area (Å²) in [7, 11) is 0. The minimum absolute atomic E-state index is 0.112. The molecular formula is C11H12O2. The van der Waals surface area contributed by atoms with Gasteiger partial charge in [0.1, 0.15) is 12.4 Å². The highest BCUT2D eigenvalue weighted by Crippen LogP contribution is 2.11. The van der Waals surface area contributed by atoms with Crippen molar-refractivity contribution in [2.45, 2.75) is 6.92 Å². The summed E-state index contributed by atoms with van der Waals surface area (Å²) >= 11 is 0. The lowest BCUT2D eigenvalue weighted by atomic mass is 10.2. The third-order valence-electron chi connectivity index (χ3n) is 1.46. The molecule has 0 aliphatic rings. The Hall–Kier alpha value is -1.46. The molecular weight excluding hydrogens is 164 g/mol. The van der Waals surface area contributed by atoms with Crippen molar-refractivity contribution in [1.29, 1.82) is 0 Å². The molecule has 0 atom stereocenters. The van der Waals surface area contributed by atoms with Gasteiger partial charge in [-0.25, -0.2) is 0 Å². The van der Waals surface area contributed by atoms with Gasteiger partial charge in [0.05, 0.1) is 6.61 Å². The fourth-order valence-electron chi connectivity index (χ4n) is 0.972. The Labute approximate surface area is 78.2 Å². The summed E-state index contributed by atoms with van der Waals surface area (Å²) in [5, 5.41) is 8.50.